The van der Waals surface area contributed by atoms with E-state index >= 15 is 0 Å². The zero-order chi connectivity index (χ0) is 16.1. The number of hydrogen-bond donors (Lipinski definition) is 4. The van der Waals surface area contributed by atoms with Gasteiger partial charge in [0.2, 0.25) is 0 Å². The Morgan fingerprint density at radius 2 is 2.23 bits per heavy atom. The molecule has 0 radical (unpaired) electrons. The molecule has 1 atom stereocenters. The molecule has 0 aliphatic heterocycles. The fraction of sp³-hybridized carbons (Fsp3) is 0.214. The average Bonchev–Trinajstić information content (AvgIpc) is 2.52. The smallest absolute Gasteiger partial charge is 0.273 e. The van der Waals surface area contributed by atoms with Crippen LogP contribution in [0.25, 0.3) is 11.3 Å². The summed E-state index contributed by atoms with van der Waals surface area (Å²) in [4.78, 5) is 20.2. The number of rotatable bonds is 5. The highest BCUT2D eigenvalue weighted by atomic mass is 35.5. The van der Waals surface area contributed by atoms with E-state index in [1.807, 2.05) is 0 Å². The molecule has 0 saturated heterocycles. The van der Waals surface area contributed by atoms with E-state index in [0.717, 1.165) is 0 Å². The number of benzene rings is 1. The summed E-state index contributed by atoms with van der Waals surface area (Å²) in [5.74, 6) is -0.608. The molecule has 2 aromatic rings. The van der Waals surface area contributed by atoms with Crippen LogP contribution in [0.3, 0.4) is 0 Å². The molecule has 7 nitrogen and oxygen atoms in total. The summed E-state index contributed by atoms with van der Waals surface area (Å²) in [5.41, 5.74) is 6.76. The fourth-order valence-corrected chi connectivity index (χ4v) is 1.90. The number of nitrogens with one attached hydrogen (secondary N) is 1. The number of nitrogens with zero attached hydrogens (tertiary/aromatic N) is 2. The van der Waals surface area contributed by atoms with Gasteiger partial charge in [-0.2, -0.15) is 0 Å². The Balaban J connectivity index is 2.25. The summed E-state index contributed by atoms with van der Waals surface area (Å²) in [6, 6.07) is 6.95. The van der Waals surface area contributed by atoms with Gasteiger partial charge in [-0.15, -0.1) is 0 Å². The van der Waals surface area contributed by atoms with Gasteiger partial charge in [0.15, 0.2) is 11.5 Å². The third-order valence-corrected chi connectivity index (χ3v) is 3.08. The number of anilines is 1. The summed E-state index contributed by atoms with van der Waals surface area (Å²) < 4.78 is 0. The predicted molar refractivity (Wildman–Crippen MR) is 82.3 cm³/mol. The van der Waals surface area contributed by atoms with Crippen molar-refractivity contribution in [3.63, 3.8) is 0 Å². The molecule has 0 unspecified atom stereocenters. The first-order valence-corrected chi connectivity index (χ1v) is 6.84. The number of halogens is 1. The van der Waals surface area contributed by atoms with Gasteiger partial charge in [0.25, 0.3) is 5.91 Å². The number of carbonyl (C=O) groups is 1. The van der Waals surface area contributed by atoms with Gasteiger partial charge in [0.1, 0.15) is 0 Å². The molecule has 0 aliphatic rings. The van der Waals surface area contributed by atoms with Crippen LogP contribution in [0.2, 0.25) is 5.02 Å². The van der Waals surface area contributed by atoms with Crippen LogP contribution < -0.4 is 11.1 Å². The number of aromatic nitrogens is 2. The van der Waals surface area contributed by atoms with Gasteiger partial charge in [-0.05, 0) is 12.1 Å². The lowest BCUT2D eigenvalue weighted by Crippen LogP contribution is -2.34. The highest BCUT2D eigenvalue weighted by Gasteiger charge is 2.15. The highest BCUT2D eigenvalue weighted by Crippen LogP contribution is 2.21. The minimum atomic E-state index is -1.05. The monoisotopic (exact) mass is 322 g/mol. The Bertz CT molecular complexity index is 681. The molecule has 0 bridgehead atoms. The van der Waals surface area contributed by atoms with Gasteiger partial charge >= 0.3 is 0 Å². The maximum Gasteiger partial charge on any atom is 0.273 e. The van der Waals surface area contributed by atoms with E-state index in [4.69, 9.17) is 22.4 Å². The fourth-order valence-electron chi connectivity index (χ4n) is 1.71. The minimum absolute atomic E-state index is 0.0261. The standard InChI is InChI=1S/C14H15ClN4O3/c15-9-3-1-2-8(4-9)11-6-17-13(16)12(19-11)14(22)18-5-10(21)7-20/h1-4,6,10,20-21H,5,7H2,(H2,16,17)(H,18,22)/t10-/m1/s1. The van der Waals surface area contributed by atoms with E-state index in [1.54, 1.807) is 24.3 Å². The highest BCUT2D eigenvalue weighted by molar-refractivity contribution is 6.30. The summed E-state index contributed by atoms with van der Waals surface area (Å²) in [5, 5.41) is 20.9. The lowest BCUT2D eigenvalue weighted by atomic mass is 10.1. The van der Waals surface area contributed by atoms with Crippen LogP contribution in [0.5, 0.6) is 0 Å². The van der Waals surface area contributed by atoms with Crippen LogP contribution >= 0.6 is 11.6 Å². The normalized spacial score (nSPS) is 12.0. The van der Waals surface area contributed by atoms with Crippen LogP contribution in [0.4, 0.5) is 5.82 Å². The second-order valence-electron chi connectivity index (χ2n) is 4.55. The molecule has 0 aliphatic carbocycles. The molecule has 0 saturated carbocycles. The molecule has 1 heterocycles. The summed E-state index contributed by atoms with van der Waals surface area (Å²) in [6.07, 6.45) is 0.398. The Morgan fingerprint density at radius 1 is 1.45 bits per heavy atom. The zero-order valence-corrected chi connectivity index (χ0v) is 12.3. The molecular weight excluding hydrogens is 308 g/mol. The number of nitrogen functional groups attached to an aromatic ring is 1. The third kappa shape index (κ3) is 3.91. The SMILES string of the molecule is Nc1ncc(-c2cccc(Cl)c2)nc1C(=O)NC[C@@H](O)CO. The molecule has 5 N–H and O–H groups in total. The predicted octanol–water partition coefficient (Wildman–Crippen LogP) is 0.462. The maximum atomic E-state index is 12.0. The second kappa shape index (κ2) is 7.17. The van der Waals surface area contributed by atoms with Crippen molar-refractivity contribution in [3.8, 4) is 11.3 Å². The second-order valence-corrected chi connectivity index (χ2v) is 4.98. The van der Waals surface area contributed by atoms with Crippen LogP contribution in [0.15, 0.2) is 30.5 Å². The zero-order valence-electron chi connectivity index (χ0n) is 11.5. The van der Waals surface area contributed by atoms with E-state index < -0.39 is 18.6 Å². The Hall–Kier alpha value is -2.22. The number of aliphatic hydroxyl groups is 2. The van der Waals surface area contributed by atoms with Crippen molar-refractivity contribution in [2.45, 2.75) is 6.10 Å². The number of carbonyl (C=O) groups excluding carboxylic acids is 1. The topological polar surface area (TPSA) is 121 Å². The number of nitrogens with two attached hydrogens (primary N) is 1. The van der Waals surface area contributed by atoms with Crippen molar-refractivity contribution in [2.75, 3.05) is 18.9 Å². The van der Waals surface area contributed by atoms with Gasteiger partial charge in [-0.3, -0.25) is 4.79 Å². The lowest BCUT2D eigenvalue weighted by molar-refractivity contribution is 0.0799. The average molecular weight is 323 g/mol. The van der Waals surface area contributed by atoms with Crippen molar-refractivity contribution in [1.29, 1.82) is 0 Å². The van der Waals surface area contributed by atoms with Crippen molar-refractivity contribution in [1.82, 2.24) is 15.3 Å². The molecule has 0 fully saturated rings. The van der Waals surface area contributed by atoms with E-state index in [0.29, 0.717) is 16.3 Å². The van der Waals surface area contributed by atoms with Gasteiger partial charge < -0.3 is 21.3 Å². The quantitative estimate of drug-likeness (QED) is 0.634. The first kappa shape index (κ1) is 16.2. The first-order chi connectivity index (χ1) is 10.5. The summed E-state index contributed by atoms with van der Waals surface area (Å²) >= 11 is 5.93. The summed E-state index contributed by atoms with van der Waals surface area (Å²) in [6.45, 7) is -0.568. The molecule has 2 rings (SSSR count). The van der Waals surface area contributed by atoms with E-state index in [-0.39, 0.29) is 18.1 Å². The summed E-state index contributed by atoms with van der Waals surface area (Å²) in [7, 11) is 0. The van der Waals surface area contributed by atoms with Gasteiger partial charge in [0.05, 0.1) is 24.6 Å². The van der Waals surface area contributed by atoms with Gasteiger partial charge in [-0.25, -0.2) is 9.97 Å². The first-order valence-electron chi connectivity index (χ1n) is 6.47. The Kier molecular flexibility index (Phi) is 5.26. The van der Waals surface area contributed by atoms with Crippen LogP contribution in [0.1, 0.15) is 10.5 Å². The van der Waals surface area contributed by atoms with E-state index in [9.17, 15) is 9.90 Å². The van der Waals surface area contributed by atoms with Crippen molar-refractivity contribution >= 4 is 23.3 Å². The number of hydrogen-bond acceptors (Lipinski definition) is 6. The Morgan fingerprint density at radius 3 is 2.91 bits per heavy atom. The Labute approximate surface area is 131 Å². The molecule has 1 aromatic carbocycles. The van der Waals surface area contributed by atoms with Crippen molar-refractivity contribution in [3.05, 3.63) is 41.2 Å². The third-order valence-electron chi connectivity index (χ3n) is 2.85. The molecular formula is C14H15ClN4O3. The largest absolute Gasteiger partial charge is 0.394 e. The molecule has 1 aromatic heterocycles. The lowest BCUT2D eigenvalue weighted by Gasteiger charge is -2.10. The molecule has 1 amide bonds. The van der Waals surface area contributed by atoms with Crippen LogP contribution in [0, 0.1) is 0 Å². The van der Waals surface area contributed by atoms with Crippen molar-refractivity contribution in [2.24, 2.45) is 0 Å². The van der Waals surface area contributed by atoms with Gasteiger partial charge in [-0.1, -0.05) is 23.7 Å². The number of amides is 1. The molecule has 116 valence electrons. The molecule has 8 heteroatoms. The van der Waals surface area contributed by atoms with Gasteiger partial charge in [0, 0.05) is 17.1 Å². The number of aliphatic hydroxyl groups excluding tert-OH is 2. The van der Waals surface area contributed by atoms with Crippen LogP contribution in [-0.4, -0.2) is 45.3 Å². The van der Waals surface area contributed by atoms with E-state index in [2.05, 4.69) is 15.3 Å². The maximum absolute atomic E-state index is 12.0. The van der Waals surface area contributed by atoms with Crippen molar-refractivity contribution < 1.29 is 15.0 Å². The minimum Gasteiger partial charge on any atom is -0.394 e. The van der Waals surface area contributed by atoms with Crippen LogP contribution in [-0.2, 0) is 0 Å². The molecule has 22 heavy (non-hydrogen) atoms. The molecule has 0 spiro atoms. The van der Waals surface area contributed by atoms with E-state index in [1.165, 1.54) is 6.20 Å².